The largest absolute Gasteiger partial charge is 0.352 e. The number of rotatable bonds is 4. The van der Waals surface area contributed by atoms with Crippen molar-refractivity contribution in [2.45, 2.75) is 25.9 Å². The quantitative estimate of drug-likeness (QED) is 0.848. The molecule has 0 bridgehead atoms. The van der Waals surface area contributed by atoms with Gasteiger partial charge in [-0.25, -0.2) is 4.39 Å². The van der Waals surface area contributed by atoms with Crippen LogP contribution in [0.2, 0.25) is 0 Å². The molecule has 0 radical (unpaired) electrons. The summed E-state index contributed by atoms with van der Waals surface area (Å²) >= 11 is 0. The van der Waals surface area contributed by atoms with Gasteiger partial charge in [0.15, 0.2) is 0 Å². The summed E-state index contributed by atoms with van der Waals surface area (Å²) in [6, 6.07) is 6.18. The van der Waals surface area contributed by atoms with Crippen LogP contribution in [0.3, 0.4) is 0 Å². The number of hydrogen-bond acceptors (Lipinski definition) is 2. The van der Waals surface area contributed by atoms with Gasteiger partial charge in [0.1, 0.15) is 5.82 Å². The monoisotopic (exact) mass is 246 g/mol. The van der Waals surface area contributed by atoms with Crippen molar-refractivity contribution in [1.82, 2.24) is 5.32 Å². The van der Waals surface area contributed by atoms with Crippen LogP contribution in [-0.2, 0) is 11.3 Å². The van der Waals surface area contributed by atoms with Gasteiger partial charge in [0, 0.05) is 24.6 Å². The Morgan fingerprint density at radius 2 is 2.12 bits per heavy atom. The minimum absolute atomic E-state index is 0. The first-order chi connectivity index (χ1) is 7.09. The molecule has 3 nitrogen and oxygen atoms in total. The molecule has 1 atom stereocenters. The molecule has 3 N–H and O–H groups in total. The number of carbonyl (C=O) groups is 1. The SMILES string of the molecule is CC(N)CC(=O)NCc1ccccc1F.Cl. The molecule has 0 saturated heterocycles. The standard InChI is InChI=1S/C11H15FN2O.ClH/c1-8(13)6-11(15)14-7-9-4-2-3-5-10(9)12;/h2-5,8H,6-7,13H2,1H3,(H,14,15);1H. The molecule has 0 fully saturated rings. The second-order valence-corrected chi connectivity index (χ2v) is 3.55. The Bertz CT molecular complexity index is 345. The number of benzene rings is 1. The molecule has 90 valence electrons. The molecule has 5 heteroatoms. The Morgan fingerprint density at radius 3 is 2.69 bits per heavy atom. The Hall–Kier alpha value is -1.13. The van der Waals surface area contributed by atoms with Crippen LogP contribution in [0.25, 0.3) is 0 Å². The van der Waals surface area contributed by atoms with Gasteiger partial charge in [0.05, 0.1) is 0 Å². The number of nitrogens with one attached hydrogen (secondary N) is 1. The molecule has 0 spiro atoms. The van der Waals surface area contributed by atoms with E-state index < -0.39 is 0 Å². The molecule has 0 aliphatic rings. The molecule has 1 unspecified atom stereocenters. The van der Waals surface area contributed by atoms with E-state index in [2.05, 4.69) is 5.32 Å². The molecule has 0 heterocycles. The van der Waals surface area contributed by atoms with Gasteiger partial charge in [-0.1, -0.05) is 18.2 Å². The maximum atomic E-state index is 13.1. The van der Waals surface area contributed by atoms with Gasteiger partial charge in [-0.15, -0.1) is 12.4 Å². The van der Waals surface area contributed by atoms with Crippen LogP contribution < -0.4 is 11.1 Å². The van der Waals surface area contributed by atoms with E-state index in [4.69, 9.17) is 5.73 Å². The van der Waals surface area contributed by atoms with Crippen LogP contribution in [0, 0.1) is 5.82 Å². The Labute approximate surface area is 101 Å². The lowest BCUT2D eigenvalue weighted by Crippen LogP contribution is -2.29. The third-order valence-electron chi connectivity index (χ3n) is 1.94. The smallest absolute Gasteiger partial charge is 0.221 e. The summed E-state index contributed by atoms with van der Waals surface area (Å²) in [6.45, 7) is 1.96. The number of amides is 1. The fraction of sp³-hybridized carbons (Fsp3) is 0.364. The van der Waals surface area contributed by atoms with Gasteiger partial charge in [0.25, 0.3) is 0 Å². The molecule has 0 saturated carbocycles. The Kier molecular flexibility index (Phi) is 6.69. The Balaban J connectivity index is 0.00000225. The molecule has 1 aromatic rings. The second kappa shape index (κ2) is 7.19. The van der Waals surface area contributed by atoms with Gasteiger partial charge in [-0.05, 0) is 13.0 Å². The number of halogens is 2. The molecule has 1 rings (SSSR count). The van der Waals surface area contributed by atoms with E-state index in [1.807, 2.05) is 0 Å². The lowest BCUT2D eigenvalue weighted by atomic mass is 10.2. The van der Waals surface area contributed by atoms with Crippen LogP contribution in [-0.4, -0.2) is 11.9 Å². The van der Waals surface area contributed by atoms with Crippen molar-refractivity contribution in [2.75, 3.05) is 0 Å². The summed E-state index contributed by atoms with van der Waals surface area (Å²) in [5, 5.41) is 2.61. The van der Waals surface area contributed by atoms with E-state index in [-0.39, 0.29) is 43.1 Å². The van der Waals surface area contributed by atoms with Gasteiger partial charge < -0.3 is 11.1 Å². The van der Waals surface area contributed by atoms with Gasteiger partial charge in [-0.2, -0.15) is 0 Å². The van der Waals surface area contributed by atoms with E-state index in [1.54, 1.807) is 25.1 Å². The lowest BCUT2D eigenvalue weighted by molar-refractivity contribution is -0.121. The van der Waals surface area contributed by atoms with Crippen LogP contribution in [0.15, 0.2) is 24.3 Å². The van der Waals surface area contributed by atoms with E-state index >= 15 is 0 Å². The minimum atomic E-state index is -0.307. The zero-order valence-electron chi connectivity index (χ0n) is 9.07. The molecule has 1 aromatic carbocycles. The zero-order valence-corrected chi connectivity index (χ0v) is 9.89. The third kappa shape index (κ3) is 5.09. The van der Waals surface area contributed by atoms with Crippen LogP contribution in [0.5, 0.6) is 0 Å². The van der Waals surface area contributed by atoms with Crippen molar-refractivity contribution < 1.29 is 9.18 Å². The van der Waals surface area contributed by atoms with E-state index in [1.165, 1.54) is 6.07 Å². The summed E-state index contributed by atoms with van der Waals surface area (Å²) < 4.78 is 13.1. The highest BCUT2D eigenvalue weighted by atomic mass is 35.5. The highest BCUT2D eigenvalue weighted by Crippen LogP contribution is 2.05. The summed E-state index contributed by atoms with van der Waals surface area (Å²) in [5.74, 6) is -0.466. The maximum Gasteiger partial charge on any atom is 0.221 e. The molecular weight excluding hydrogens is 231 g/mol. The fourth-order valence-electron chi connectivity index (χ4n) is 1.20. The van der Waals surface area contributed by atoms with Crippen molar-refractivity contribution >= 4 is 18.3 Å². The van der Waals surface area contributed by atoms with E-state index in [0.717, 1.165) is 0 Å². The minimum Gasteiger partial charge on any atom is -0.352 e. The first-order valence-corrected chi connectivity index (χ1v) is 4.85. The normalized spacial score (nSPS) is 11.4. The van der Waals surface area contributed by atoms with Crippen LogP contribution >= 0.6 is 12.4 Å². The average molecular weight is 247 g/mol. The average Bonchev–Trinajstić information content (AvgIpc) is 2.15. The predicted molar refractivity (Wildman–Crippen MR) is 63.8 cm³/mol. The van der Waals surface area contributed by atoms with Crippen molar-refractivity contribution in [2.24, 2.45) is 5.73 Å². The number of carbonyl (C=O) groups excluding carboxylic acids is 1. The summed E-state index contributed by atoms with van der Waals surface area (Å²) in [7, 11) is 0. The molecule has 0 aliphatic heterocycles. The highest BCUT2D eigenvalue weighted by molar-refractivity contribution is 5.85. The predicted octanol–water partition coefficient (Wildman–Crippen LogP) is 1.60. The zero-order chi connectivity index (χ0) is 11.3. The van der Waals surface area contributed by atoms with Crippen LogP contribution in [0.4, 0.5) is 4.39 Å². The van der Waals surface area contributed by atoms with Gasteiger partial charge in [-0.3, -0.25) is 4.79 Å². The fourth-order valence-corrected chi connectivity index (χ4v) is 1.20. The van der Waals surface area contributed by atoms with Crippen molar-refractivity contribution in [3.05, 3.63) is 35.6 Å². The second-order valence-electron chi connectivity index (χ2n) is 3.55. The van der Waals surface area contributed by atoms with Gasteiger partial charge >= 0.3 is 0 Å². The molecule has 0 aliphatic carbocycles. The topological polar surface area (TPSA) is 55.1 Å². The summed E-state index contributed by atoms with van der Waals surface area (Å²) in [5.41, 5.74) is 5.94. The molecular formula is C11H16ClFN2O. The molecule has 0 aromatic heterocycles. The first-order valence-electron chi connectivity index (χ1n) is 4.85. The maximum absolute atomic E-state index is 13.1. The molecule has 16 heavy (non-hydrogen) atoms. The summed E-state index contributed by atoms with van der Waals surface area (Å²) in [4.78, 5) is 11.2. The van der Waals surface area contributed by atoms with Gasteiger partial charge in [0.2, 0.25) is 5.91 Å². The molecule has 1 amide bonds. The lowest BCUT2D eigenvalue weighted by Gasteiger charge is -2.07. The van der Waals surface area contributed by atoms with Crippen molar-refractivity contribution in [3.8, 4) is 0 Å². The van der Waals surface area contributed by atoms with E-state index in [9.17, 15) is 9.18 Å². The number of nitrogens with two attached hydrogens (primary N) is 1. The third-order valence-corrected chi connectivity index (χ3v) is 1.94. The van der Waals surface area contributed by atoms with Crippen molar-refractivity contribution in [3.63, 3.8) is 0 Å². The van der Waals surface area contributed by atoms with Crippen molar-refractivity contribution in [1.29, 1.82) is 0 Å². The summed E-state index contributed by atoms with van der Waals surface area (Å²) in [6.07, 6.45) is 0.258. The first kappa shape index (κ1) is 14.9. The van der Waals surface area contributed by atoms with E-state index in [0.29, 0.717) is 5.56 Å². The Morgan fingerprint density at radius 1 is 1.50 bits per heavy atom. The van der Waals surface area contributed by atoms with Crippen LogP contribution in [0.1, 0.15) is 18.9 Å². The highest BCUT2D eigenvalue weighted by Gasteiger charge is 2.06. The number of hydrogen-bond donors (Lipinski definition) is 2.